The lowest BCUT2D eigenvalue weighted by Gasteiger charge is -2.24. The van der Waals surface area contributed by atoms with Gasteiger partial charge in [0, 0.05) is 6.61 Å². The first kappa shape index (κ1) is 19.0. The average Bonchev–Trinajstić information content (AvgIpc) is 2.38. The summed E-state index contributed by atoms with van der Waals surface area (Å²) < 4.78 is 0. The second-order valence-electron chi connectivity index (χ2n) is 6.92. The molecule has 0 aliphatic heterocycles. The second-order valence-corrected chi connectivity index (χ2v) is 6.92. The molecule has 0 rings (SSSR count). The first-order valence-corrected chi connectivity index (χ1v) is 8.73. The fraction of sp³-hybridized carbons (Fsp3) is 1.00. The Hall–Kier alpha value is -0.0400. The highest BCUT2D eigenvalue weighted by molar-refractivity contribution is 4.68. The first-order valence-electron chi connectivity index (χ1n) is 8.73. The quantitative estimate of drug-likeness (QED) is 0.378. The summed E-state index contributed by atoms with van der Waals surface area (Å²) in [4.78, 5) is 0. The minimum absolute atomic E-state index is 0.349. The molecular formula is C18H38O. The highest BCUT2D eigenvalue weighted by Crippen LogP contribution is 2.29. The van der Waals surface area contributed by atoms with Crippen molar-refractivity contribution >= 4 is 0 Å². The van der Waals surface area contributed by atoms with Gasteiger partial charge in [-0.25, -0.2) is 0 Å². The Morgan fingerprint density at radius 2 is 1.05 bits per heavy atom. The predicted octanol–water partition coefficient (Wildman–Crippen LogP) is 6.10. The van der Waals surface area contributed by atoms with Crippen molar-refractivity contribution in [1.82, 2.24) is 0 Å². The SMILES string of the molecule is CCCCCCCCCCCCC(C)(C)CCCO. The van der Waals surface area contributed by atoms with Crippen molar-refractivity contribution in [1.29, 1.82) is 0 Å². The summed E-state index contributed by atoms with van der Waals surface area (Å²) in [7, 11) is 0. The van der Waals surface area contributed by atoms with Crippen molar-refractivity contribution in [2.24, 2.45) is 5.41 Å². The zero-order valence-corrected chi connectivity index (χ0v) is 13.8. The number of aliphatic hydroxyl groups is 1. The molecule has 0 aliphatic rings. The van der Waals surface area contributed by atoms with Crippen molar-refractivity contribution in [2.75, 3.05) is 6.61 Å². The Morgan fingerprint density at radius 1 is 0.632 bits per heavy atom. The Bertz CT molecular complexity index is 175. The Kier molecular flexibility index (Phi) is 12.9. The van der Waals surface area contributed by atoms with E-state index >= 15 is 0 Å². The molecule has 0 fully saturated rings. The summed E-state index contributed by atoms with van der Waals surface area (Å²) in [5.41, 5.74) is 0.433. The van der Waals surface area contributed by atoms with Crippen LogP contribution in [0.5, 0.6) is 0 Å². The molecule has 0 heterocycles. The van der Waals surface area contributed by atoms with E-state index in [-0.39, 0.29) is 0 Å². The van der Waals surface area contributed by atoms with Crippen molar-refractivity contribution in [3.63, 3.8) is 0 Å². The van der Waals surface area contributed by atoms with Crippen molar-refractivity contribution in [3.05, 3.63) is 0 Å². The average molecular weight is 271 g/mol. The van der Waals surface area contributed by atoms with Gasteiger partial charge in [-0.1, -0.05) is 85.0 Å². The Balaban J connectivity index is 3.21. The molecule has 0 amide bonds. The van der Waals surface area contributed by atoms with Crippen molar-refractivity contribution in [3.8, 4) is 0 Å². The van der Waals surface area contributed by atoms with Gasteiger partial charge >= 0.3 is 0 Å². The zero-order valence-electron chi connectivity index (χ0n) is 13.8. The van der Waals surface area contributed by atoms with Crippen LogP contribution in [0.15, 0.2) is 0 Å². The van der Waals surface area contributed by atoms with Crippen LogP contribution in [0.3, 0.4) is 0 Å². The fourth-order valence-corrected chi connectivity index (χ4v) is 2.77. The maximum atomic E-state index is 8.88. The molecule has 0 aliphatic carbocycles. The molecule has 0 saturated heterocycles. The van der Waals surface area contributed by atoms with Crippen LogP contribution in [0, 0.1) is 5.41 Å². The molecule has 0 atom stereocenters. The molecule has 0 aromatic heterocycles. The molecule has 0 aromatic carbocycles. The van der Waals surface area contributed by atoms with Gasteiger partial charge in [0.25, 0.3) is 0 Å². The Labute approximate surface area is 122 Å². The van der Waals surface area contributed by atoms with Gasteiger partial charge in [0.15, 0.2) is 0 Å². The van der Waals surface area contributed by atoms with E-state index in [4.69, 9.17) is 5.11 Å². The molecule has 19 heavy (non-hydrogen) atoms. The lowest BCUT2D eigenvalue weighted by molar-refractivity contribution is 0.228. The van der Waals surface area contributed by atoms with Crippen LogP contribution in [-0.4, -0.2) is 11.7 Å². The van der Waals surface area contributed by atoms with Gasteiger partial charge in [0.2, 0.25) is 0 Å². The summed E-state index contributed by atoms with van der Waals surface area (Å²) in [5.74, 6) is 0. The molecule has 0 spiro atoms. The minimum atomic E-state index is 0.349. The summed E-state index contributed by atoms with van der Waals surface area (Å²) in [5, 5.41) is 8.88. The van der Waals surface area contributed by atoms with E-state index in [0.29, 0.717) is 12.0 Å². The molecule has 0 radical (unpaired) electrons. The van der Waals surface area contributed by atoms with Crippen LogP contribution in [0.2, 0.25) is 0 Å². The van der Waals surface area contributed by atoms with Crippen molar-refractivity contribution < 1.29 is 5.11 Å². The van der Waals surface area contributed by atoms with Gasteiger partial charge < -0.3 is 5.11 Å². The minimum Gasteiger partial charge on any atom is -0.396 e. The molecular weight excluding hydrogens is 232 g/mol. The number of unbranched alkanes of at least 4 members (excludes halogenated alkanes) is 9. The van der Waals surface area contributed by atoms with E-state index in [2.05, 4.69) is 20.8 Å². The second kappa shape index (κ2) is 13.0. The number of rotatable bonds is 14. The summed E-state index contributed by atoms with van der Waals surface area (Å²) in [6, 6.07) is 0. The monoisotopic (exact) mass is 270 g/mol. The highest BCUT2D eigenvalue weighted by atomic mass is 16.2. The molecule has 0 unspecified atom stereocenters. The molecule has 1 heteroatoms. The number of hydrogen-bond acceptors (Lipinski definition) is 1. The molecule has 116 valence electrons. The van der Waals surface area contributed by atoms with E-state index in [1.54, 1.807) is 0 Å². The fourth-order valence-electron chi connectivity index (χ4n) is 2.77. The summed E-state index contributed by atoms with van der Waals surface area (Å²) >= 11 is 0. The third kappa shape index (κ3) is 14.2. The van der Waals surface area contributed by atoms with E-state index in [1.165, 1.54) is 77.0 Å². The maximum Gasteiger partial charge on any atom is 0.0431 e. The largest absolute Gasteiger partial charge is 0.396 e. The maximum absolute atomic E-state index is 8.88. The standard InChI is InChI=1S/C18H38O/c1-4-5-6-7-8-9-10-11-12-13-15-18(2,3)16-14-17-19/h19H,4-17H2,1-3H3. The van der Waals surface area contributed by atoms with Gasteiger partial charge in [-0.3, -0.25) is 0 Å². The van der Waals surface area contributed by atoms with Crippen molar-refractivity contribution in [2.45, 2.75) is 104 Å². The summed E-state index contributed by atoms with van der Waals surface area (Å²) in [6.07, 6.45) is 17.6. The predicted molar refractivity (Wildman–Crippen MR) is 86.6 cm³/mol. The lowest BCUT2D eigenvalue weighted by atomic mass is 9.82. The zero-order chi connectivity index (χ0) is 14.4. The van der Waals surface area contributed by atoms with Crippen LogP contribution in [0.1, 0.15) is 104 Å². The molecule has 0 aromatic rings. The number of hydrogen-bond donors (Lipinski definition) is 1. The highest BCUT2D eigenvalue weighted by Gasteiger charge is 2.16. The number of aliphatic hydroxyl groups excluding tert-OH is 1. The van der Waals surface area contributed by atoms with E-state index in [0.717, 1.165) is 6.42 Å². The van der Waals surface area contributed by atoms with Gasteiger partial charge in [0.1, 0.15) is 0 Å². The normalized spacial score (nSPS) is 12.0. The van der Waals surface area contributed by atoms with Crippen LogP contribution >= 0.6 is 0 Å². The third-order valence-corrected chi connectivity index (χ3v) is 4.22. The molecule has 1 N–H and O–H groups in total. The Morgan fingerprint density at radius 3 is 1.53 bits per heavy atom. The molecule has 0 bridgehead atoms. The van der Waals surface area contributed by atoms with Crippen LogP contribution < -0.4 is 0 Å². The first-order chi connectivity index (χ1) is 9.12. The van der Waals surface area contributed by atoms with Crippen LogP contribution in [-0.2, 0) is 0 Å². The lowest BCUT2D eigenvalue weighted by Crippen LogP contribution is -2.11. The third-order valence-electron chi connectivity index (χ3n) is 4.22. The van der Waals surface area contributed by atoms with E-state index in [9.17, 15) is 0 Å². The van der Waals surface area contributed by atoms with Gasteiger partial charge in [-0.2, -0.15) is 0 Å². The molecule has 0 saturated carbocycles. The molecule has 1 nitrogen and oxygen atoms in total. The van der Waals surface area contributed by atoms with Gasteiger partial charge in [-0.15, -0.1) is 0 Å². The van der Waals surface area contributed by atoms with Crippen LogP contribution in [0.4, 0.5) is 0 Å². The van der Waals surface area contributed by atoms with Crippen LogP contribution in [0.25, 0.3) is 0 Å². The smallest absolute Gasteiger partial charge is 0.0431 e. The van der Waals surface area contributed by atoms with Gasteiger partial charge in [-0.05, 0) is 24.7 Å². The van der Waals surface area contributed by atoms with E-state index < -0.39 is 0 Å². The van der Waals surface area contributed by atoms with E-state index in [1.807, 2.05) is 0 Å². The summed E-state index contributed by atoms with van der Waals surface area (Å²) in [6.45, 7) is 7.32. The topological polar surface area (TPSA) is 20.2 Å². The van der Waals surface area contributed by atoms with Gasteiger partial charge in [0.05, 0.1) is 0 Å².